The lowest BCUT2D eigenvalue weighted by atomic mass is 10.2. The van der Waals surface area contributed by atoms with Crippen LogP contribution in [-0.2, 0) is 22.7 Å². The highest BCUT2D eigenvalue weighted by molar-refractivity contribution is 5.82. The number of benzene rings is 2. The molecule has 3 rings (SSSR count). The third kappa shape index (κ3) is 4.65. The molecule has 1 aliphatic rings. The minimum Gasteiger partial charge on any atom is -0.287 e. The van der Waals surface area contributed by atoms with Crippen molar-refractivity contribution >= 4 is 11.8 Å². The van der Waals surface area contributed by atoms with Crippen LogP contribution in [0.15, 0.2) is 60.7 Å². The molecule has 24 heavy (non-hydrogen) atoms. The van der Waals surface area contributed by atoms with Gasteiger partial charge in [0.15, 0.2) is 0 Å². The fraction of sp³-hybridized carbons (Fsp3) is 0.222. The minimum atomic E-state index is -0.151. The Morgan fingerprint density at radius 2 is 1.04 bits per heavy atom. The maximum atomic E-state index is 12.2. The predicted molar refractivity (Wildman–Crippen MR) is 90.0 cm³/mol. The largest absolute Gasteiger partial charge is 0.287 e. The zero-order valence-electron chi connectivity index (χ0n) is 13.3. The summed E-state index contributed by atoms with van der Waals surface area (Å²) in [4.78, 5) is 24.4. The zero-order valence-corrected chi connectivity index (χ0v) is 13.3. The Labute approximate surface area is 141 Å². The number of hydrogen-bond acceptors (Lipinski definition) is 4. The zero-order chi connectivity index (χ0) is 16.8. The highest BCUT2D eigenvalue weighted by atomic mass is 16.2. The molecule has 2 N–H and O–H groups in total. The van der Waals surface area contributed by atoms with Crippen LogP contribution in [0.1, 0.15) is 11.1 Å². The smallest absolute Gasteiger partial charge is 0.250 e. The summed E-state index contributed by atoms with van der Waals surface area (Å²) >= 11 is 0. The number of nitrogens with one attached hydrogen (secondary N) is 2. The number of amides is 2. The van der Waals surface area contributed by atoms with Gasteiger partial charge in [-0.3, -0.25) is 20.4 Å². The lowest BCUT2D eigenvalue weighted by Gasteiger charge is -2.30. The monoisotopic (exact) mass is 324 g/mol. The highest BCUT2D eigenvalue weighted by Crippen LogP contribution is 2.06. The van der Waals surface area contributed by atoms with Crippen LogP contribution < -0.4 is 10.9 Å². The normalized spacial score (nSPS) is 16.8. The van der Waals surface area contributed by atoms with Gasteiger partial charge in [-0.25, -0.2) is 10.0 Å². The van der Waals surface area contributed by atoms with Crippen molar-refractivity contribution in [2.24, 2.45) is 0 Å². The molecule has 0 atom stereocenters. The van der Waals surface area contributed by atoms with Crippen molar-refractivity contribution < 1.29 is 9.59 Å². The molecule has 0 radical (unpaired) electrons. The van der Waals surface area contributed by atoms with Gasteiger partial charge in [-0.05, 0) is 11.1 Å². The Kier molecular flexibility index (Phi) is 5.20. The lowest BCUT2D eigenvalue weighted by Crippen LogP contribution is -2.57. The fourth-order valence-corrected chi connectivity index (χ4v) is 2.65. The maximum Gasteiger partial charge on any atom is 0.250 e. The molecule has 0 spiro atoms. The topological polar surface area (TPSA) is 64.7 Å². The average Bonchev–Trinajstić information content (AvgIpc) is 2.55. The third-order valence-electron chi connectivity index (χ3n) is 3.67. The molecule has 6 nitrogen and oxygen atoms in total. The van der Waals surface area contributed by atoms with Gasteiger partial charge in [0, 0.05) is 13.1 Å². The van der Waals surface area contributed by atoms with Crippen LogP contribution in [0, 0.1) is 0 Å². The number of nitrogens with zero attached hydrogens (tertiary/aromatic N) is 2. The van der Waals surface area contributed by atoms with Crippen LogP contribution in [0.3, 0.4) is 0 Å². The first-order valence-electron chi connectivity index (χ1n) is 7.86. The van der Waals surface area contributed by atoms with Crippen molar-refractivity contribution in [1.29, 1.82) is 0 Å². The molecule has 124 valence electrons. The molecule has 0 aromatic heterocycles. The van der Waals surface area contributed by atoms with Gasteiger partial charge < -0.3 is 0 Å². The van der Waals surface area contributed by atoms with E-state index in [2.05, 4.69) is 10.9 Å². The van der Waals surface area contributed by atoms with E-state index in [0.717, 1.165) is 11.1 Å². The Morgan fingerprint density at radius 3 is 1.42 bits per heavy atom. The van der Waals surface area contributed by atoms with Crippen molar-refractivity contribution in [3.05, 3.63) is 71.8 Å². The summed E-state index contributed by atoms with van der Waals surface area (Å²) in [5.41, 5.74) is 7.68. The van der Waals surface area contributed by atoms with Gasteiger partial charge >= 0.3 is 0 Å². The van der Waals surface area contributed by atoms with Gasteiger partial charge in [0.2, 0.25) is 11.8 Å². The first-order chi connectivity index (χ1) is 11.7. The van der Waals surface area contributed by atoms with E-state index in [0.29, 0.717) is 13.1 Å². The van der Waals surface area contributed by atoms with Crippen molar-refractivity contribution in [2.45, 2.75) is 13.1 Å². The maximum absolute atomic E-state index is 12.2. The average molecular weight is 324 g/mol. The van der Waals surface area contributed by atoms with Crippen LogP contribution in [0.2, 0.25) is 0 Å². The summed E-state index contributed by atoms with van der Waals surface area (Å²) in [5.74, 6) is -0.302. The Morgan fingerprint density at radius 1 is 0.667 bits per heavy atom. The lowest BCUT2D eigenvalue weighted by molar-refractivity contribution is -0.138. The fourth-order valence-electron chi connectivity index (χ4n) is 2.65. The molecule has 0 aliphatic carbocycles. The van der Waals surface area contributed by atoms with E-state index in [1.54, 1.807) is 10.0 Å². The van der Waals surface area contributed by atoms with Crippen molar-refractivity contribution in [3.63, 3.8) is 0 Å². The summed E-state index contributed by atoms with van der Waals surface area (Å²) in [7, 11) is 0. The summed E-state index contributed by atoms with van der Waals surface area (Å²) < 4.78 is 0. The van der Waals surface area contributed by atoms with E-state index in [-0.39, 0.29) is 24.9 Å². The Bertz CT molecular complexity index is 613. The molecule has 0 bridgehead atoms. The number of hydrazine groups is 2. The second kappa shape index (κ2) is 7.72. The molecule has 0 unspecified atom stereocenters. The number of carbonyl (C=O) groups excluding carboxylic acids is 2. The van der Waals surface area contributed by atoms with E-state index in [1.807, 2.05) is 60.7 Å². The van der Waals surface area contributed by atoms with E-state index in [9.17, 15) is 9.59 Å². The Balaban J connectivity index is 1.63. The molecule has 1 heterocycles. The van der Waals surface area contributed by atoms with Crippen LogP contribution >= 0.6 is 0 Å². The molecule has 0 saturated carbocycles. The van der Waals surface area contributed by atoms with E-state index in [1.165, 1.54) is 0 Å². The predicted octanol–water partition coefficient (Wildman–Crippen LogP) is 1.07. The summed E-state index contributed by atoms with van der Waals surface area (Å²) in [6.45, 7) is 1.18. The second-order valence-electron chi connectivity index (χ2n) is 5.75. The standard InChI is InChI=1S/C18H20N4O2/c23-17-13-21(11-15-7-3-1-4-8-15)19-18(24)14-22(20-17)12-16-9-5-2-6-10-16/h1-10H,11-14H2,(H,19,24)(H,20,23). The highest BCUT2D eigenvalue weighted by Gasteiger charge is 2.22. The SMILES string of the molecule is O=C1CN(Cc2ccccc2)NC(=O)CN(Cc2ccccc2)N1. The van der Waals surface area contributed by atoms with Crippen LogP contribution in [0.4, 0.5) is 0 Å². The van der Waals surface area contributed by atoms with Crippen molar-refractivity contribution in [2.75, 3.05) is 13.1 Å². The first-order valence-corrected chi connectivity index (χ1v) is 7.86. The molecule has 6 heteroatoms. The van der Waals surface area contributed by atoms with Crippen LogP contribution in [0.5, 0.6) is 0 Å². The van der Waals surface area contributed by atoms with Gasteiger partial charge in [0.25, 0.3) is 0 Å². The van der Waals surface area contributed by atoms with Gasteiger partial charge in [-0.1, -0.05) is 60.7 Å². The molecule has 1 saturated heterocycles. The van der Waals surface area contributed by atoms with Crippen LogP contribution in [0.25, 0.3) is 0 Å². The van der Waals surface area contributed by atoms with Crippen LogP contribution in [-0.4, -0.2) is 34.9 Å². The summed E-state index contributed by atoms with van der Waals surface area (Å²) in [5, 5.41) is 3.26. The number of hydrogen-bond donors (Lipinski definition) is 2. The first kappa shape index (κ1) is 16.2. The van der Waals surface area contributed by atoms with Gasteiger partial charge in [0.05, 0.1) is 13.1 Å². The molecule has 2 aromatic rings. The second-order valence-corrected chi connectivity index (χ2v) is 5.75. The number of carbonyl (C=O) groups is 2. The molecule has 1 fully saturated rings. The summed E-state index contributed by atoms with van der Waals surface area (Å²) in [6, 6.07) is 19.5. The van der Waals surface area contributed by atoms with E-state index in [4.69, 9.17) is 0 Å². The Hall–Kier alpha value is -2.70. The molecular weight excluding hydrogens is 304 g/mol. The minimum absolute atomic E-state index is 0.103. The van der Waals surface area contributed by atoms with Gasteiger partial charge in [-0.15, -0.1) is 0 Å². The molecule has 1 aliphatic heterocycles. The summed E-state index contributed by atoms with van der Waals surface area (Å²) in [6.07, 6.45) is 0. The molecular formula is C18H20N4O2. The van der Waals surface area contributed by atoms with Gasteiger partial charge in [0.1, 0.15) is 0 Å². The van der Waals surface area contributed by atoms with Crippen molar-refractivity contribution in [3.8, 4) is 0 Å². The molecule has 2 amide bonds. The van der Waals surface area contributed by atoms with E-state index >= 15 is 0 Å². The molecule has 2 aromatic carbocycles. The third-order valence-corrected chi connectivity index (χ3v) is 3.67. The number of rotatable bonds is 4. The van der Waals surface area contributed by atoms with Gasteiger partial charge in [-0.2, -0.15) is 0 Å². The van der Waals surface area contributed by atoms with Crippen molar-refractivity contribution in [1.82, 2.24) is 20.9 Å². The quantitative estimate of drug-likeness (QED) is 0.883. The van der Waals surface area contributed by atoms with E-state index < -0.39 is 0 Å².